The Kier molecular flexibility index (Phi) is 4.77. The van der Waals surface area contributed by atoms with Gasteiger partial charge in [-0.25, -0.2) is 8.42 Å². The summed E-state index contributed by atoms with van der Waals surface area (Å²) in [5.41, 5.74) is 0.937. The van der Waals surface area contributed by atoms with Crippen molar-refractivity contribution in [3.05, 3.63) is 42.0 Å². The zero-order valence-corrected chi connectivity index (χ0v) is 16.4. The lowest BCUT2D eigenvalue weighted by Gasteiger charge is -2.18. The molecule has 0 aromatic heterocycles. The first kappa shape index (κ1) is 19.0. The third-order valence-corrected chi connectivity index (χ3v) is 5.70. The zero-order chi connectivity index (χ0) is 19.8. The number of carbonyl (C=O) groups is 1. The van der Waals surface area contributed by atoms with E-state index in [0.717, 1.165) is 5.56 Å². The van der Waals surface area contributed by atoms with Crippen LogP contribution in [-0.4, -0.2) is 28.0 Å². The normalized spacial score (nSPS) is 15.8. The summed E-state index contributed by atoms with van der Waals surface area (Å²) in [7, 11) is -2.44. The number of ether oxygens (including phenoxy) is 2. The Morgan fingerprint density at radius 2 is 1.93 bits per heavy atom. The first-order valence-electron chi connectivity index (χ1n) is 8.38. The molecule has 0 unspecified atom stereocenters. The molecule has 0 saturated carbocycles. The quantitative estimate of drug-likeness (QED) is 0.836. The third kappa shape index (κ3) is 3.85. The molecule has 7 nitrogen and oxygen atoms in total. The Hall–Kier alpha value is -2.74. The largest absolute Gasteiger partial charge is 0.495 e. The molecule has 0 spiro atoms. The summed E-state index contributed by atoms with van der Waals surface area (Å²) in [5, 5.41) is 2.80. The second-order valence-electron chi connectivity index (χ2n) is 7.10. The van der Waals surface area contributed by atoms with E-state index in [9.17, 15) is 13.2 Å². The Morgan fingerprint density at radius 1 is 1.19 bits per heavy atom. The number of benzene rings is 2. The smallest absolute Gasteiger partial charge is 0.265 e. The van der Waals surface area contributed by atoms with Gasteiger partial charge in [0.25, 0.3) is 10.0 Å². The Bertz CT molecular complexity index is 999. The van der Waals surface area contributed by atoms with Gasteiger partial charge in [-0.3, -0.25) is 9.52 Å². The number of carbonyl (C=O) groups excluding carboxylic acids is 1. The second-order valence-corrected chi connectivity index (χ2v) is 8.75. The highest BCUT2D eigenvalue weighted by Gasteiger charge is 2.32. The SMILES string of the molecule is COc1ccc(C)cc1S(=O)(=O)Nc1ccc2c(c1)OCC(C)(C)C(=O)N2. The standard InChI is InChI=1S/C19H22N2O5S/c1-12-5-8-15(25-4)17(9-12)27(23,24)21-13-6-7-14-16(10-13)26-11-19(2,3)18(22)20-14/h5-10,21H,11H2,1-4H3,(H,20,22). The Morgan fingerprint density at radius 3 is 2.63 bits per heavy atom. The van der Waals surface area contributed by atoms with Crippen LogP contribution >= 0.6 is 0 Å². The van der Waals surface area contributed by atoms with Crippen molar-refractivity contribution in [3.63, 3.8) is 0 Å². The summed E-state index contributed by atoms with van der Waals surface area (Å²) in [6.45, 7) is 5.55. The minimum Gasteiger partial charge on any atom is -0.495 e. The average Bonchev–Trinajstić information content (AvgIpc) is 2.71. The lowest BCUT2D eigenvalue weighted by Crippen LogP contribution is -2.33. The van der Waals surface area contributed by atoms with E-state index in [0.29, 0.717) is 17.1 Å². The van der Waals surface area contributed by atoms with Gasteiger partial charge in [0.15, 0.2) is 0 Å². The molecule has 0 saturated heterocycles. The number of fused-ring (bicyclic) bond motifs is 1. The van der Waals surface area contributed by atoms with Crippen molar-refractivity contribution >= 4 is 27.3 Å². The molecule has 0 aliphatic carbocycles. The van der Waals surface area contributed by atoms with Gasteiger partial charge in [0.1, 0.15) is 23.0 Å². The Labute approximate surface area is 158 Å². The molecule has 2 aromatic carbocycles. The number of anilines is 2. The van der Waals surface area contributed by atoms with Crippen molar-refractivity contribution in [2.75, 3.05) is 23.8 Å². The lowest BCUT2D eigenvalue weighted by molar-refractivity contribution is -0.124. The number of methoxy groups -OCH3 is 1. The van der Waals surface area contributed by atoms with Gasteiger partial charge >= 0.3 is 0 Å². The van der Waals surface area contributed by atoms with Gasteiger partial charge in [0, 0.05) is 6.07 Å². The predicted molar refractivity (Wildman–Crippen MR) is 103 cm³/mol. The lowest BCUT2D eigenvalue weighted by atomic mass is 9.94. The predicted octanol–water partition coefficient (Wildman–Crippen LogP) is 3.16. The van der Waals surface area contributed by atoms with Crippen molar-refractivity contribution in [2.24, 2.45) is 5.41 Å². The summed E-state index contributed by atoms with van der Waals surface area (Å²) in [4.78, 5) is 12.2. The molecule has 1 aliphatic rings. The Balaban J connectivity index is 1.93. The molecule has 27 heavy (non-hydrogen) atoms. The molecule has 2 N–H and O–H groups in total. The molecule has 3 rings (SSSR count). The zero-order valence-electron chi connectivity index (χ0n) is 15.6. The number of nitrogens with one attached hydrogen (secondary N) is 2. The van der Waals surface area contributed by atoms with E-state index in [2.05, 4.69) is 10.0 Å². The van der Waals surface area contributed by atoms with E-state index in [1.54, 1.807) is 57.2 Å². The van der Waals surface area contributed by atoms with Crippen molar-refractivity contribution in [3.8, 4) is 11.5 Å². The van der Waals surface area contributed by atoms with Crippen molar-refractivity contribution in [2.45, 2.75) is 25.7 Å². The summed E-state index contributed by atoms with van der Waals surface area (Å²) in [6, 6.07) is 9.67. The maximum absolute atomic E-state index is 12.8. The van der Waals surface area contributed by atoms with Gasteiger partial charge in [0.2, 0.25) is 5.91 Å². The minimum atomic E-state index is -3.87. The molecule has 2 aromatic rings. The van der Waals surface area contributed by atoms with Crippen LogP contribution in [0.1, 0.15) is 19.4 Å². The van der Waals surface area contributed by atoms with E-state index in [-0.39, 0.29) is 23.2 Å². The highest BCUT2D eigenvalue weighted by atomic mass is 32.2. The van der Waals surface area contributed by atoms with E-state index < -0.39 is 15.4 Å². The molecule has 0 bridgehead atoms. The number of rotatable bonds is 4. The molecule has 1 amide bonds. The molecule has 1 aliphatic heterocycles. The van der Waals surface area contributed by atoms with Gasteiger partial charge in [-0.2, -0.15) is 0 Å². The van der Waals surface area contributed by atoms with Gasteiger partial charge in [-0.05, 0) is 50.6 Å². The second kappa shape index (κ2) is 6.77. The first-order valence-corrected chi connectivity index (χ1v) is 9.86. The van der Waals surface area contributed by atoms with E-state index in [1.165, 1.54) is 7.11 Å². The summed E-state index contributed by atoms with van der Waals surface area (Å²) >= 11 is 0. The fourth-order valence-electron chi connectivity index (χ4n) is 2.63. The van der Waals surface area contributed by atoms with E-state index >= 15 is 0 Å². The highest BCUT2D eigenvalue weighted by molar-refractivity contribution is 7.92. The van der Waals surface area contributed by atoms with Crippen LogP contribution in [0.4, 0.5) is 11.4 Å². The van der Waals surface area contributed by atoms with Gasteiger partial charge in [-0.1, -0.05) is 6.07 Å². The molecular weight excluding hydrogens is 368 g/mol. The number of amides is 1. The van der Waals surface area contributed by atoms with Crippen LogP contribution in [0.2, 0.25) is 0 Å². The van der Waals surface area contributed by atoms with Crippen molar-refractivity contribution in [1.82, 2.24) is 0 Å². The van der Waals surface area contributed by atoms with E-state index in [1.807, 2.05) is 0 Å². The van der Waals surface area contributed by atoms with Crippen LogP contribution in [-0.2, 0) is 14.8 Å². The molecule has 1 heterocycles. The molecular formula is C19H22N2O5S. The molecule has 0 radical (unpaired) electrons. The van der Waals surface area contributed by atoms with Gasteiger partial charge in [-0.15, -0.1) is 0 Å². The average molecular weight is 390 g/mol. The summed E-state index contributed by atoms with van der Waals surface area (Å²) in [6.07, 6.45) is 0. The molecule has 8 heteroatoms. The first-order chi connectivity index (χ1) is 12.6. The molecule has 144 valence electrons. The fourth-order valence-corrected chi connectivity index (χ4v) is 3.93. The van der Waals surface area contributed by atoms with Crippen LogP contribution in [0.5, 0.6) is 11.5 Å². The van der Waals surface area contributed by atoms with Crippen LogP contribution in [0.25, 0.3) is 0 Å². The van der Waals surface area contributed by atoms with Crippen molar-refractivity contribution in [1.29, 1.82) is 0 Å². The number of hydrogen-bond acceptors (Lipinski definition) is 5. The van der Waals surface area contributed by atoms with Crippen LogP contribution in [0.3, 0.4) is 0 Å². The van der Waals surface area contributed by atoms with Gasteiger partial charge < -0.3 is 14.8 Å². The van der Waals surface area contributed by atoms with Crippen LogP contribution < -0.4 is 19.5 Å². The summed E-state index contributed by atoms with van der Waals surface area (Å²) in [5.74, 6) is 0.512. The van der Waals surface area contributed by atoms with Crippen LogP contribution in [0.15, 0.2) is 41.3 Å². The number of aryl methyl sites for hydroxylation is 1. The monoisotopic (exact) mass is 390 g/mol. The number of hydrogen-bond donors (Lipinski definition) is 2. The third-order valence-electron chi connectivity index (χ3n) is 4.29. The number of sulfonamides is 1. The fraction of sp³-hybridized carbons (Fsp3) is 0.316. The van der Waals surface area contributed by atoms with Gasteiger partial charge in [0.05, 0.1) is 23.9 Å². The topological polar surface area (TPSA) is 93.7 Å². The maximum Gasteiger partial charge on any atom is 0.265 e. The maximum atomic E-state index is 12.8. The molecule has 0 fully saturated rings. The highest BCUT2D eigenvalue weighted by Crippen LogP contribution is 2.35. The van der Waals surface area contributed by atoms with E-state index in [4.69, 9.17) is 9.47 Å². The molecule has 0 atom stereocenters. The van der Waals surface area contributed by atoms with Crippen LogP contribution in [0, 0.1) is 12.3 Å². The van der Waals surface area contributed by atoms with Crippen molar-refractivity contribution < 1.29 is 22.7 Å². The summed E-state index contributed by atoms with van der Waals surface area (Å²) < 4.78 is 39.1. The minimum absolute atomic E-state index is 0.0512.